The summed E-state index contributed by atoms with van der Waals surface area (Å²) in [5, 5.41) is 0.479. The van der Waals surface area contributed by atoms with Gasteiger partial charge in [0.2, 0.25) is 5.76 Å². The van der Waals surface area contributed by atoms with E-state index >= 15 is 0 Å². The molecule has 3 aromatic rings. The molecule has 0 bridgehead atoms. The van der Waals surface area contributed by atoms with Crippen molar-refractivity contribution in [1.82, 2.24) is 9.80 Å². The number of carbonyl (C=O) groups excluding carboxylic acids is 1. The lowest BCUT2D eigenvalue weighted by Crippen LogP contribution is -2.38. The van der Waals surface area contributed by atoms with Crippen molar-refractivity contribution in [2.45, 2.75) is 33.7 Å². The number of fused-ring (bicyclic) bond motifs is 2. The topological polar surface area (TPSA) is 72.2 Å². The van der Waals surface area contributed by atoms with E-state index in [0.29, 0.717) is 46.7 Å². The maximum absolute atomic E-state index is 13.8. The molecule has 1 amide bonds. The monoisotopic (exact) mass is 464 g/mol. The van der Waals surface area contributed by atoms with Gasteiger partial charge in [-0.25, -0.2) is 0 Å². The number of amides is 1. The minimum absolute atomic E-state index is 0.107. The number of para-hydroxylation sites is 1. The molecule has 2 heterocycles. The number of hydrogen-bond acceptors (Lipinski definition) is 6. The second-order valence-electron chi connectivity index (χ2n) is 8.62. The minimum atomic E-state index is -0.634. The van der Waals surface area contributed by atoms with Crippen LogP contribution in [-0.4, -0.2) is 56.1 Å². The Kier molecular flexibility index (Phi) is 6.66. The molecule has 1 aliphatic heterocycles. The highest BCUT2D eigenvalue weighted by molar-refractivity contribution is 5.99. The quantitative estimate of drug-likeness (QED) is 0.495. The van der Waals surface area contributed by atoms with Gasteiger partial charge in [0.25, 0.3) is 5.91 Å². The van der Waals surface area contributed by atoms with Gasteiger partial charge >= 0.3 is 0 Å². The fourth-order valence-electron chi connectivity index (χ4n) is 4.75. The minimum Gasteiger partial charge on any atom is -0.493 e. The summed E-state index contributed by atoms with van der Waals surface area (Å²) < 4.78 is 17.3. The van der Waals surface area contributed by atoms with Crippen LogP contribution in [-0.2, 0) is 0 Å². The van der Waals surface area contributed by atoms with E-state index in [0.717, 1.165) is 24.2 Å². The number of aryl methyl sites for hydroxylation is 2. The number of methoxy groups -OCH3 is 2. The Labute approximate surface area is 199 Å². The summed E-state index contributed by atoms with van der Waals surface area (Å²) in [4.78, 5) is 31.5. The van der Waals surface area contributed by atoms with Crippen LogP contribution in [0.2, 0.25) is 0 Å². The lowest BCUT2D eigenvalue weighted by Gasteiger charge is -2.29. The van der Waals surface area contributed by atoms with Crippen molar-refractivity contribution in [2.75, 3.05) is 40.4 Å². The molecule has 7 heteroatoms. The number of likely N-dealkylation sites (N-methyl/N-ethyl adjacent to an activating group) is 1. The largest absolute Gasteiger partial charge is 0.493 e. The van der Waals surface area contributed by atoms with E-state index in [-0.39, 0.29) is 17.1 Å². The highest BCUT2D eigenvalue weighted by Gasteiger charge is 2.44. The molecule has 34 heavy (non-hydrogen) atoms. The summed E-state index contributed by atoms with van der Waals surface area (Å²) in [6, 6.07) is 8.57. The van der Waals surface area contributed by atoms with Gasteiger partial charge in [-0.2, -0.15) is 0 Å². The van der Waals surface area contributed by atoms with Crippen LogP contribution >= 0.6 is 0 Å². The van der Waals surface area contributed by atoms with Crippen LogP contribution in [0, 0.1) is 13.8 Å². The van der Waals surface area contributed by atoms with E-state index in [9.17, 15) is 9.59 Å². The molecule has 180 valence electrons. The molecule has 0 fully saturated rings. The van der Waals surface area contributed by atoms with Gasteiger partial charge in [0.05, 0.1) is 31.2 Å². The molecule has 0 aliphatic carbocycles. The summed E-state index contributed by atoms with van der Waals surface area (Å²) in [7, 11) is 3.13. The number of carbonyl (C=O) groups is 1. The van der Waals surface area contributed by atoms with Gasteiger partial charge < -0.3 is 23.7 Å². The second kappa shape index (κ2) is 9.50. The number of nitrogens with zero attached hydrogens (tertiary/aromatic N) is 2. The Bertz CT molecular complexity index is 1290. The molecule has 0 radical (unpaired) electrons. The Morgan fingerprint density at radius 1 is 1.03 bits per heavy atom. The molecule has 0 saturated heterocycles. The summed E-state index contributed by atoms with van der Waals surface area (Å²) in [6.07, 6.45) is 0. The van der Waals surface area contributed by atoms with E-state index in [4.69, 9.17) is 13.9 Å². The second-order valence-corrected chi connectivity index (χ2v) is 8.62. The molecule has 1 aliphatic rings. The lowest BCUT2D eigenvalue weighted by molar-refractivity contribution is 0.0706. The Morgan fingerprint density at radius 3 is 2.38 bits per heavy atom. The van der Waals surface area contributed by atoms with Crippen LogP contribution in [0.3, 0.4) is 0 Å². The van der Waals surface area contributed by atoms with Gasteiger partial charge in [0.1, 0.15) is 5.58 Å². The van der Waals surface area contributed by atoms with Gasteiger partial charge in [-0.15, -0.1) is 0 Å². The zero-order valence-corrected chi connectivity index (χ0v) is 20.7. The third-order valence-corrected chi connectivity index (χ3v) is 6.86. The first-order valence-electron chi connectivity index (χ1n) is 11.7. The normalized spacial score (nSPS) is 15.3. The van der Waals surface area contributed by atoms with Crippen LogP contribution in [0.15, 0.2) is 39.5 Å². The number of ether oxygens (including phenoxy) is 2. The highest BCUT2D eigenvalue weighted by atomic mass is 16.5. The molecule has 0 N–H and O–H groups in total. The molecule has 0 spiro atoms. The van der Waals surface area contributed by atoms with Crippen LogP contribution in [0.4, 0.5) is 0 Å². The summed E-state index contributed by atoms with van der Waals surface area (Å²) in [6.45, 7) is 11.0. The third kappa shape index (κ3) is 3.84. The first kappa shape index (κ1) is 23.8. The Balaban J connectivity index is 1.96. The summed E-state index contributed by atoms with van der Waals surface area (Å²) >= 11 is 0. The molecule has 1 atom stereocenters. The van der Waals surface area contributed by atoms with Crippen molar-refractivity contribution >= 4 is 16.9 Å². The standard InChI is InChI=1S/C27H32N2O5/c1-7-28(8-2)12-13-29-23(18-10-9-11-20(32-5)25(18)33-6)22-24(30)19-14-16(3)17(4)15-21(19)34-26(22)27(29)31/h9-11,14-15,23H,7-8,12-13H2,1-6H3. The van der Waals surface area contributed by atoms with Crippen LogP contribution < -0.4 is 14.9 Å². The van der Waals surface area contributed by atoms with Crippen molar-refractivity contribution in [3.05, 3.63) is 68.6 Å². The van der Waals surface area contributed by atoms with Crippen LogP contribution in [0.5, 0.6) is 11.5 Å². The molecule has 0 saturated carbocycles. The lowest BCUT2D eigenvalue weighted by atomic mass is 9.96. The zero-order valence-electron chi connectivity index (χ0n) is 20.7. The number of benzene rings is 2. The third-order valence-electron chi connectivity index (χ3n) is 6.86. The first-order valence-corrected chi connectivity index (χ1v) is 11.7. The molecular formula is C27H32N2O5. The zero-order chi connectivity index (χ0) is 24.6. The summed E-state index contributed by atoms with van der Waals surface area (Å²) in [5.41, 5.74) is 3.30. The molecule has 2 aromatic carbocycles. The maximum atomic E-state index is 13.8. The Hall–Kier alpha value is -3.32. The predicted molar refractivity (Wildman–Crippen MR) is 132 cm³/mol. The molecule has 7 nitrogen and oxygen atoms in total. The molecule has 1 aromatic heterocycles. The molecule has 4 rings (SSSR count). The fraction of sp³-hybridized carbons (Fsp3) is 0.407. The van der Waals surface area contributed by atoms with Gasteiger partial charge in [-0.05, 0) is 56.3 Å². The Morgan fingerprint density at radius 2 is 1.74 bits per heavy atom. The summed E-state index contributed by atoms with van der Waals surface area (Å²) in [5.74, 6) is 0.869. The van der Waals surface area contributed by atoms with Crippen LogP contribution in [0.25, 0.3) is 11.0 Å². The van der Waals surface area contributed by atoms with Crippen molar-refractivity contribution in [3.8, 4) is 11.5 Å². The van der Waals surface area contributed by atoms with Crippen LogP contribution in [0.1, 0.15) is 52.7 Å². The molecular weight excluding hydrogens is 432 g/mol. The van der Waals surface area contributed by atoms with E-state index in [2.05, 4.69) is 18.7 Å². The van der Waals surface area contributed by atoms with Crippen molar-refractivity contribution < 1.29 is 18.7 Å². The van der Waals surface area contributed by atoms with Gasteiger partial charge in [-0.3, -0.25) is 9.59 Å². The van der Waals surface area contributed by atoms with Crippen molar-refractivity contribution in [3.63, 3.8) is 0 Å². The van der Waals surface area contributed by atoms with Gasteiger partial charge in [0.15, 0.2) is 16.9 Å². The average Bonchev–Trinajstić information content (AvgIpc) is 3.12. The van der Waals surface area contributed by atoms with E-state index in [1.807, 2.05) is 38.1 Å². The van der Waals surface area contributed by atoms with Gasteiger partial charge in [0, 0.05) is 18.7 Å². The number of hydrogen-bond donors (Lipinski definition) is 0. The smallest absolute Gasteiger partial charge is 0.290 e. The van der Waals surface area contributed by atoms with Crippen molar-refractivity contribution in [1.29, 1.82) is 0 Å². The van der Waals surface area contributed by atoms with E-state index < -0.39 is 6.04 Å². The van der Waals surface area contributed by atoms with Crippen molar-refractivity contribution in [2.24, 2.45) is 0 Å². The van der Waals surface area contributed by atoms with E-state index in [1.165, 1.54) is 0 Å². The maximum Gasteiger partial charge on any atom is 0.290 e. The number of rotatable bonds is 8. The average molecular weight is 465 g/mol. The highest BCUT2D eigenvalue weighted by Crippen LogP contribution is 2.44. The fourth-order valence-corrected chi connectivity index (χ4v) is 4.75. The first-order chi connectivity index (χ1) is 16.4. The predicted octanol–water partition coefficient (Wildman–Crippen LogP) is 4.31. The SMILES string of the molecule is CCN(CC)CCN1C(=O)c2oc3cc(C)c(C)cc3c(=O)c2C1c1cccc(OC)c1OC. The van der Waals surface area contributed by atoms with E-state index in [1.54, 1.807) is 25.2 Å². The van der Waals surface area contributed by atoms with Gasteiger partial charge in [-0.1, -0.05) is 26.0 Å². The molecule has 1 unspecified atom stereocenters.